The summed E-state index contributed by atoms with van der Waals surface area (Å²) < 4.78 is 0. The first-order valence-electron chi connectivity index (χ1n) is 6.68. The van der Waals surface area contributed by atoms with Crippen molar-refractivity contribution in [1.29, 1.82) is 0 Å². The molecular formula is C14H24N4O. The lowest BCUT2D eigenvalue weighted by Crippen LogP contribution is -2.36. The molecule has 0 bridgehead atoms. The molecule has 0 unspecified atom stereocenters. The largest absolute Gasteiger partial charge is 0.370 e. The second-order valence-corrected chi connectivity index (χ2v) is 4.63. The molecule has 5 nitrogen and oxygen atoms in total. The van der Waals surface area contributed by atoms with Gasteiger partial charge >= 0.3 is 0 Å². The molecule has 0 aliphatic rings. The predicted octanol–water partition coefficient (Wildman–Crippen LogP) is 1.42. The van der Waals surface area contributed by atoms with Gasteiger partial charge in [-0.1, -0.05) is 13.0 Å². The van der Waals surface area contributed by atoms with Crippen molar-refractivity contribution < 1.29 is 4.79 Å². The van der Waals surface area contributed by atoms with Crippen LogP contribution in [-0.4, -0.2) is 54.4 Å². The molecule has 0 saturated carbocycles. The van der Waals surface area contributed by atoms with E-state index in [-0.39, 0.29) is 5.91 Å². The minimum Gasteiger partial charge on any atom is -0.370 e. The SMILES string of the molecule is CCNc1ncccc1CN(CC)CC(=O)N(C)C. The maximum atomic E-state index is 11.8. The molecule has 0 aromatic carbocycles. The van der Waals surface area contributed by atoms with Gasteiger partial charge in [0.15, 0.2) is 0 Å². The summed E-state index contributed by atoms with van der Waals surface area (Å²) in [6.07, 6.45) is 1.78. The Morgan fingerprint density at radius 1 is 1.37 bits per heavy atom. The number of carbonyl (C=O) groups is 1. The Balaban J connectivity index is 2.72. The van der Waals surface area contributed by atoms with E-state index in [2.05, 4.69) is 22.1 Å². The van der Waals surface area contributed by atoms with E-state index in [9.17, 15) is 4.79 Å². The lowest BCUT2D eigenvalue weighted by molar-refractivity contribution is -0.130. The van der Waals surface area contributed by atoms with Crippen LogP contribution in [0.4, 0.5) is 5.82 Å². The quantitative estimate of drug-likeness (QED) is 0.809. The summed E-state index contributed by atoms with van der Waals surface area (Å²) >= 11 is 0. The topological polar surface area (TPSA) is 48.5 Å². The Morgan fingerprint density at radius 2 is 2.11 bits per heavy atom. The summed E-state index contributed by atoms with van der Waals surface area (Å²) in [6, 6.07) is 3.98. The van der Waals surface area contributed by atoms with Gasteiger partial charge in [0, 0.05) is 38.9 Å². The summed E-state index contributed by atoms with van der Waals surface area (Å²) in [4.78, 5) is 19.8. The van der Waals surface area contributed by atoms with Crippen LogP contribution < -0.4 is 5.32 Å². The van der Waals surface area contributed by atoms with Crippen LogP contribution in [0.2, 0.25) is 0 Å². The number of likely N-dealkylation sites (N-methyl/N-ethyl adjacent to an activating group) is 2. The summed E-state index contributed by atoms with van der Waals surface area (Å²) in [5.41, 5.74) is 1.12. The number of hydrogen-bond acceptors (Lipinski definition) is 4. The normalized spacial score (nSPS) is 10.6. The highest BCUT2D eigenvalue weighted by Crippen LogP contribution is 2.13. The predicted molar refractivity (Wildman–Crippen MR) is 78.0 cm³/mol. The number of nitrogens with zero attached hydrogens (tertiary/aromatic N) is 3. The van der Waals surface area contributed by atoms with Crippen molar-refractivity contribution in [3.63, 3.8) is 0 Å². The fourth-order valence-corrected chi connectivity index (χ4v) is 1.75. The Morgan fingerprint density at radius 3 is 2.68 bits per heavy atom. The van der Waals surface area contributed by atoms with Crippen molar-refractivity contribution in [1.82, 2.24) is 14.8 Å². The molecule has 1 amide bonds. The van der Waals surface area contributed by atoms with Gasteiger partial charge < -0.3 is 10.2 Å². The maximum absolute atomic E-state index is 11.8. The van der Waals surface area contributed by atoms with Crippen LogP contribution in [0, 0.1) is 0 Å². The smallest absolute Gasteiger partial charge is 0.236 e. The highest BCUT2D eigenvalue weighted by atomic mass is 16.2. The van der Waals surface area contributed by atoms with Crippen LogP contribution in [0.3, 0.4) is 0 Å². The molecule has 5 heteroatoms. The molecule has 0 aliphatic carbocycles. The van der Waals surface area contributed by atoms with Gasteiger partial charge in [-0.25, -0.2) is 4.98 Å². The highest BCUT2D eigenvalue weighted by Gasteiger charge is 2.13. The number of pyridine rings is 1. The minimum atomic E-state index is 0.121. The summed E-state index contributed by atoms with van der Waals surface area (Å²) in [7, 11) is 3.56. The van der Waals surface area contributed by atoms with Crippen molar-refractivity contribution in [2.75, 3.05) is 39.0 Å². The lowest BCUT2D eigenvalue weighted by atomic mass is 10.2. The zero-order valence-electron chi connectivity index (χ0n) is 12.3. The molecule has 1 rings (SSSR count). The van der Waals surface area contributed by atoms with Gasteiger partial charge in [-0.3, -0.25) is 9.69 Å². The molecule has 0 saturated heterocycles. The van der Waals surface area contributed by atoms with E-state index >= 15 is 0 Å². The number of carbonyl (C=O) groups excluding carboxylic acids is 1. The zero-order chi connectivity index (χ0) is 14.3. The second kappa shape index (κ2) is 7.74. The van der Waals surface area contributed by atoms with Gasteiger partial charge in [0.1, 0.15) is 5.82 Å². The van der Waals surface area contributed by atoms with Gasteiger partial charge in [0.2, 0.25) is 5.91 Å². The molecule has 106 valence electrons. The van der Waals surface area contributed by atoms with Crippen LogP contribution in [0.15, 0.2) is 18.3 Å². The van der Waals surface area contributed by atoms with Crippen LogP contribution in [0.25, 0.3) is 0 Å². The van der Waals surface area contributed by atoms with Gasteiger partial charge in [-0.05, 0) is 19.5 Å². The summed E-state index contributed by atoms with van der Waals surface area (Å²) in [5.74, 6) is 1.02. The standard InChI is InChI=1S/C14H24N4O/c1-5-15-14-12(8-7-9-16-14)10-18(6-2)11-13(19)17(3)4/h7-9H,5-6,10-11H2,1-4H3,(H,15,16). The van der Waals surface area contributed by atoms with Crippen molar-refractivity contribution in [2.24, 2.45) is 0 Å². The average molecular weight is 264 g/mol. The highest BCUT2D eigenvalue weighted by molar-refractivity contribution is 5.77. The van der Waals surface area contributed by atoms with Crippen LogP contribution >= 0.6 is 0 Å². The average Bonchev–Trinajstić information content (AvgIpc) is 2.40. The molecule has 1 N–H and O–H groups in total. The van der Waals surface area contributed by atoms with E-state index in [1.807, 2.05) is 19.1 Å². The summed E-state index contributed by atoms with van der Waals surface area (Å²) in [5, 5.41) is 3.25. The first-order valence-corrected chi connectivity index (χ1v) is 6.68. The van der Waals surface area contributed by atoms with E-state index in [4.69, 9.17) is 0 Å². The van der Waals surface area contributed by atoms with Crippen LogP contribution in [0.1, 0.15) is 19.4 Å². The number of anilines is 1. The molecule has 0 atom stereocenters. The van der Waals surface area contributed by atoms with Gasteiger partial charge in [0.25, 0.3) is 0 Å². The first kappa shape index (κ1) is 15.4. The number of rotatable bonds is 7. The van der Waals surface area contributed by atoms with Crippen molar-refractivity contribution in [2.45, 2.75) is 20.4 Å². The van der Waals surface area contributed by atoms with Crippen molar-refractivity contribution >= 4 is 11.7 Å². The Hall–Kier alpha value is -1.62. The Labute approximate surface area is 115 Å². The number of nitrogens with one attached hydrogen (secondary N) is 1. The fourth-order valence-electron chi connectivity index (χ4n) is 1.75. The van der Waals surface area contributed by atoms with Crippen molar-refractivity contribution in [3.8, 4) is 0 Å². The third kappa shape index (κ3) is 4.87. The monoisotopic (exact) mass is 264 g/mol. The zero-order valence-corrected chi connectivity index (χ0v) is 12.3. The third-order valence-electron chi connectivity index (χ3n) is 2.93. The molecule has 1 heterocycles. The van der Waals surface area contributed by atoms with Crippen LogP contribution in [0.5, 0.6) is 0 Å². The fraction of sp³-hybridized carbons (Fsp3) is 0.571. The third-order valence-corrected chi connectivity index (χ3v) is 2.93. The molecule has 1 aromatic rings. The second-order valence-electron chi connectivity index (χ2n) is 4.63. The van der Waals surface area contributed by atoms with E-state index in [0.717, 1.165) is 31.0 Å². The summed E-state index contributed by atoms with van der Waals surface area (Å²) in [6.45, 7) is 6.95. The molecular weight excluding hydrogens is 240 g/mol. The molecule has 0 radical (unpaired) electrons. The lowest BCUT2D eigenvalue weighted by Gasteiger charge is -2.22. The maximum Gasteiger partial charge on any atom is 0.236 e. The number of aromatic nitrogens is 1. The first-order chi connectivity index (χ1) is 9.08. The van der Waals surface area contributed by atoms with E-state index < -0.39 is 0 Å². The number of hydrogen-bond donors (Lipinski definition) is 1. The van der Waals surface area contributed by atoms with Gasteiger partial charge in [-0.2, -0.15) is 0 Å². The van der Waals surface area contributed by atoms with E-state index in [0.29, 0.717) is 6.54 Å². The van der Waals surface area contributed by atoms with Crippen LogP contribution in [-0.2, 0) is 11.3 Å². The van der Waals surface area contributed by atoms with E-state index in [1.54, 1.807) is 25.2 Å². The molecule has 19 heavy (non-hydrogen) atoms. The van der Waals surface area contributed by atoms with Gasteiger partial charge in [-0.15, -0.1) is 0 Å². The Bertz CT molecular complexity index is 406. The van der Waals surface area contributed by atoms with Gasteiger partial charge in [0.05, 0.1) is 6.54 Å². The number of amides is 1. The molecule has 0 fully saturated rings. The molecule has 1 aromatic heterocycles. The Kier molecular flexibility index (Phi) is 6.29. The van der Waals surface area contributed by atoms with E-state index in [1.165, 1.54) is 0 Å². The molecule has 0 aliphatic heterocycles. The minimum absolute atomic E-state index is 0.121. The molecule has 0 spiro atoms. The van der Waals surface area contributed by atoms with Crippen molar-refractivity contribution in [3.05, 3.63) is 23.9 Å².